The van der Waals surface area contributed by atoms with Gasteiger partial charge >= 0.3 is 0 Å². The fourth-order valence-electron chi connectivity index (χ4n) is 4.08. The largest absolute Gasteiger partial charge is 0.376 e. The molecule has 0 saturated carbocycles. The van der Waals surface area contributed by atoms with Crippen LogP contribution in [0.15, 0.2) is 54.6 Å². The molecule has 0 spiro atoms. The van der Waals surface area contributed by atoms with Gasteiger partial charge in [-0.3, -0.25) is 19.8 Å². The van der Waals surface area contributed by atoms with Crippen molar-refractivity contribution in [3.8, 4) is 0 Å². The average Bonchev–Trinajstić information content (AvgIpc) is 2.87. The minimum atomic E-state index is -0.799. The molecule has 2 fully saturated rings. The third kappa shape index (κ3) is 3.05. The fraction of sp³-hybridized carbons (Fsp3) is 0.400. The van der Waals surface area contributed by atoms with Gasteiger partial charge in [0.25, 0.3) is 0 Å². The standard InChI is InChI=1S/C20H22N2O3/c23-18-17-8-4-5-9-20(17,19(24)21-18)12-16-14-22(10-11-25-16)13-15-6-2-1-3-7-15/h1-9,16-17H,10-14H2,(H,21,23,24). The Morgan fingerprint density at radius 3 is 2.88 bits per heavy atom. The van der Waals surface area contributed by atoms with Crippen LogP contribution in [0.2, 0.25) is 0 Å². The van der Waals surface area contributed by atoms with Crippen LogP contribution >= 0.6 is 0 Å². The van der Waals surface area contributed by atoms with E-state index in [1.807, 2.05) is 42.5 Å². The molecule has 2 saturated heterocycles. The lowest BCUT2D eigenvalue weighted by molar-refractivity contribution is -0.129. The van der Waals surface area contributed by atoms with Gasteiger partial charge in [-0.15, -0.1) is 0 Å². The Morgan fingerprint density at radius 1 is 1.20 bits per heavy atom. The third-order valence-electron chi connectivity index (χ3n) is 5.34. The molecule has 2 heterocycles. The first kappa shape index (κ1) is 16.2. The van der Waals surface area contributed by atoms with Gasteiger partial charge in [-0.05, 0) is 12.0 Å². The molecule has 3 unspecified atom stereocenters. The lowest BCUT2D eigenvalue weighted by atomic mass is 9.70. The predicted octanol–water partition coefficient (Wildman–Crippen LogP) is 1.66. The van der Waals surface area contributed by atoms with E-state index in [9.17, 15) is 9.59 Å². The van der Waals surface area contributed by atoms with E-state index in [0.29, 0.717) is 13.0 Å². The summed E-state index contributed by atoms with van der Waals surface area (Å²) >= 11 is 0. The van der Waals surface area contributed by atoms with Crippen molar-refractivity contribution >= 4 is 11.8 Å². The first-order chi connectivity index (χ1) is 12.2. The van der Waals surface area contributed by atoms with Crippen LogP contribution < -0.4 is 5.32 Å². The van der Waals surface area contributed by atoms with E-state index < -0.39 is 11.3 Å². The van der Waals surface area contributed by atoms with Gasteiger partial charge in [0.1, 0.15) is 0 Å². The van der Waals surface area contributed by atoms with Gasteiger partial charge in [-0.25, -0.2) is 0 Å². The quantitative estimate of drug-likeness (QED) is 0.849. The van der Waals surface area contributed by atoms with Crippen molar-refractivity contribution in [3.63, 3.8) is 0 Å². The summed E-state index contributed by atoms with van der Waals surface area (Å²) < 4.78 is 5.94. The minimum Gasteiger partial charge on any atom is -0.376 e. The number of allylic oxidation sites excluding steroid dienone is 2. The maximum atomic E-state index is 12.5. The highest BCUT2D eigenvalue weighted by molar-refractivity contribution is 6.09. The SMILES string of the molecule is O=C1NC(=O)C2(CC3CN(Cc4ccccc4)CCO3)C=CC=CC12. The number of hydrogen-bond acceptors (Lipinski definition) is 4. The molecule has 1 aliphatic carbocycles. The van der Waals surface area contributed by atoms with Crippen LogP contribution in [-0.2, 0) is 20.9 Å². The molecule has 5 heteroatoms. The van der Waals surface area contributed by atoms with E-state index in [4.69, 9.17) is 4.74 Å². The van der Waals surface area contributed by atoms with Crippen LogP contribution in [0.3, 0.4) is 0 Å². The van der Waals surface area contributed by atoms with E-state index in [-0.39, 0.29) is 17.9 Å². The van der Waals surface area contributed by atoms with Crippen molar-refractivity contribution in [2.75, 3.05) is 19.7 Å². The molecule has 5 nitrogen and oxygen atoms in total. The summed E-state index contributed by atoms with van der Waals surface area (Å²) in [6.07, 6.45) is 7.86. The van der Waals surface area contributed by atoms with Crippen LogP contribution in [0.1, 0.15) is 12.0 Å². The Balaban J connectivity index is 1.47. The van der Waals surface area contributed by atoms with Crippen LogP contribution in [0.5, 0.6) is 0 Å². The maximum Gasteiger partial charge on any atom is 0.237 e. The number of ether oxygens (including phenoxy) is 1. The van der Waals surface area contributed by atoms with Crippen molar-refractivity contribution in [3.05, 3.63) is 60.2 Å². The number of nitrogens with one attached hydrogen (secondary N) is 1. The second-order valence-electron chi connectivity index (χ2n) is 7.00. The molecule has 25 heavy (non-hydrogen) atoms. The summed E-state index contributed by atoms with van der Waals surface area (Å²) in [5.41, 5.74) is 0.472. The first-order valence-corrected chi connectivity index (χ1v) is 8.76. The third-order valence-corrected chi connectivity index (χ3v) is 5.34. The highest BCUT2D eigenvalue weighted by Gasteiger charge is 2.54. The number of nitrogens with zero attached hydrogens (tertiary/aromatic N) is 1. The van der Waals surface area contributed by atoms with Crippen LogP contribution in [0, 0.1) is 11.3 Å². The van der Waals surface area contributed by atoms with Crippen LogP contribution in [0.25, 0.3) is 0 Å². The molecule has 130 valence electrons. The van der Waals surface area contributed by atoms with Gasteiger partial charge in [0.05, 0.1) is 24.0 Å². The molecular weight excluding hydrogens is 316 g/mol. The zero-order valence-electron chi connectivity index (χ0n) is 14.1. The summed E-state index contributed by atoms with van der Waals surface area (Å²) in [6.45, 7) is 3.16. The Hall–Kier alpha value is -2.24. The predicted molar refractivity (Wildman–Crippen MR) is 93.4 cm³/mol. The molecule has 1 aromatic rings. The molecule has 0 radical (unpaired) electrons. The summed E-state index contributed by atoms with van der Waals surface area (Å²) in [7, 11) is 0. The van der Waals surface area contributed by atoms with E-state index in [2.05, 4.69) is 22.3 Å². The van der Waals surface area contributed by atoms with Gasteiger partial charge in [-0.2, -0.15) is 0 Å². The highest BCUT2D eigenvalue weighted by Crippen LogP contribution is 2.43. The van der Waals surface area contributed by atoms with Gasteiger partial charge in [0.2, 0.25) is 11.8 Å². The molecular formula is C20H22N2O3. The second kappa shape index (κ2) is 6.58. The van der Waals surface area contributed by atoms with Crippen LogP contribution in [0.4, 0.5) is 0 Å². The summed E-state index contributed by atoms with van der Waals surface area (Å²) in [6, 6.07) is 10.4. The second-order valence-corrected chi connectivity index (χ2v) is 7.00. The van der Waals surface area contributed by atoms with Crippen molar-refractivity contribution in [1.82, 2.24) is 10.2 Å². The van der Waals surface area contributed by atoms with Gasteiger partial charge < -0.3 is 4.74 Å². The van der Waals surface area contributed by atoms with E-state index in [1.54, 1.807) is 0 Å². The normalized spacial score (nSPS) is 31.8. The summed E-state index contributed by atoms with van der Waals surface area (Å²) in [5.74, 6) is -0.826. The number of morpholine rings is 1. The zero-order valence-corrected chi connectivity index (χ0v) is 14.1. The lowest BCUT2D eigenvalue weighted by Gasteiger charge is -2.38. The number of fused-ring (bicyclic) bond motifs is 1. The summed E-state index contributed by atoms with van der Waals surface area (Å²) in [5, 5.41) is 2.49. The van der Waals surface area contributed by atoms with Crippen molar-refractivity contribution in [2.45, 2.75) is 19.1 Å². The van der Waals surface area contributed by atoms with E-state index in [0.717, 1.165) is 19.6 Å². The highest BCUT2D eigenvalue weighted by atomic mass is 16.5. The molecule has 1 N–H and O–H groups in total. The van der Waals surface area contributed by atoms with E-state index in [1.165, 1.54) is 5.56 Å². The minimum absolute atomic E-state index is 0.0623. The number of carbonyl (C=O) groups excluding carboxylic acids is 2. The topological polar surface area (TPSA) is 58.6 Å². The number of carbonyl (C=O) groups is 2. The number of hydrogen-bond donors (Lipinski definition) is 1. The maximum absolute atomic E-state index is 12.5. The molecule has 3 atom stereocenters. The van der Waals surface area contributed by atoms with Crippen LogP contribution in [-0.4, -0.2) is 42.5 Å². The van der Waals surface area contributed by atoms with Crippen molar-refractivity contribution in [2.24, 2.45) is 11.3 Å². The molecule has 3 aliphatic rings. The molecule has 1 aromatic carbocycles. The fourth-order valence-corrected chi connectivity index (χ4v) is 4.08. The van der Waals surface area contributed by atoms with Crippen molar-refractivity contribution < 1.29 is 14.3 Å². The Bertz CT molecular complexity index is 728. The Morgan fingerprint density at radius 2 is 2.04 bits per heavy atom. The smallest absolute Gasteiger partial charge is 0.237 e. The monoisotopic (exact) mass is 338 g/mol. The number of benzene rings is 1. The summed E-state index contributed by atoms with van der Waals surface area (Å²) in [4.78, 5) is 27.0. The lowest BCUT2D eigenvalue weighted by Crippen LogP contribution is -2.46. The van der Waals surface area contributed by atoms with Gasteiger partial charge in [0.15, 0.2) is 0 Å². The Kier molecular flexibility index (Phi) is 4.27. The number of rotatable bonds is 4. The number of imide groups is 1. The number of amides is 2. The van der Waals surface area contributed by atoms with Crippen molar-refractivity contribution in [1.29, 1.82) is 0 Å². The molecule has 4 rings (SSSR count). The first-order valence-electron chi connectivity index (χ1n) is 8.76. The molecule has 2 amide bonds. The van der Waals surface area contributed by atoms with Gasteiger partial charge in [-0.1, -0.05) is 54.6 Å². The van der Waals surface area contributed by atoms with E-state index >= 15 is 0 Å². The Labute approximate surface area is 147 Å². The zero-order chi connectivity index (χ0) is 17.3. The van der Waals surface area contributed by atoms with Gasteiger partial charge in [0, 0.05) is 19.6 Å². The average molecular weight is 338 g/mol. The molecule has 0 aromatic heterocycles. The molecule has 2 aliphatic heterocycles. The molecule has 0 bridgehead atoms.